The van der Waals surface area contributed by atoms with Gasteiger partial charge < -0.3 is 11.1 Å². The van der Waals surface area contributed by atoms with Crippen molar-refractivity contribution in [3.05, 3.63) is 11.6 Å². The minimum atomic E-state index is 0.391. The van der Waals surface area contributed by atoms with Gasteiger partial charge in [0.1, 0.15) is 0 Å². The highest BCUT2D eigenvalue weighted by Gasteiger charge is 2.10. The molecule has 0 fully saturated rings. The Balaban J connectivity index is 0.000000561. The van der Waals surface area contributed by atoms with Gasteiger partial charge in [0.05, 0.1) is 0 Å². The minimum Gasteiger partial charge on any atom is -0.356 e. The Morgan fingerprint density at radius 2 is 2.33 bits per heavy atom. The van der Waals surface area contributed by atoms with Crippen LogP contribution in [0.2, 0.25) is 0 Å². The SMILES string of the molecule is CC1=CCCC(NC=O)C1.CN. The molecule has 0 radical (unpaired) electrons. The second-order valence-electron chi connectivity index (χ2n) is 2.81. The van der Waals surface area contributed by atoms with E-state index >= 15 is 0 Å². The van der Waals surface area contributed by atoms with Crippen LogP contribution in [0.15, 0.2) is 11.6 Å². The lowest BCUT2D eigenvalue weighted by Gasteiger charge is -2.19. The Bertz CT molecular complexity index is 155. The molecule has 0 spiro atoms. The van der Waals surface area contributed by atoms with Crippen molar-refractivity contribution in [1.82, 2.24) is 5.32 Å². The molecular formula is C9H18N2O. The van der Waals surface area contributed by atoms with Crippen molar-refractivity contribution in [1.29, 1.82) is 0 Å². The fraction of sp³-hybridized carbons (Fsp3) is 0.667. The molecule has 1 unspecified atom stereocenters. The lowest BCUT2D eigenvalue weighted by Crippen LogP contribution is -2.29. The zero-order valence-electron chi connectivity index (χ0n) is 7.84. The summed E-state index contributed by atoms with van der Waals surface area (Å²) in [4.78, 5) is 10.0. The lowest BCUT2D eigenvalue weighted by atomic mass is 9.96. The van der Waals surface area contributed by atoms with Gasteiger partial charge in [0.2, 0.25) is 6.41 Å². The summed E-state index contributed by atoms with van der Waals surface area (Å²) in [5.41, 5.74) is 5.89. The highest BCUT2D eigenvalue weighted by atomic mass is 16.1. The van der Waals surface area contributed by atoms with Gasteiger partial charge in [0.25, 0.3) is 0 Å². The Hall–Kier alpha value is -0.830. The first-order chi connectivity index (χ1) is 5.83. The molecule has 3 heteroatoms. The summed E-state index contributed by atoms with van der Waals surface area (Å²) in [6.45, 7) is 2.11. The van der Waals surface area contributed by atoms with E-state index in [4.69, 9.17) is 0 Å². The monoisotopic (exact) mass is 170 g/mol. The number of carbonyl (C=O) groups excluding carboxylic acids is 1. The maximum atomic E-state index is 10.0. The molecule has 0 heterocycles. The molecule has 3 N–H and O–H groups in total. The molecule has 0 saturated carbocycles. The number of hydrogen-bond acceptors (Lipinski definition) is 2. The Labute approximate surface area is 74.0 Å². The number of nitrogens with one attached hydrogen (secondary N) is 1. The van der Waals surface area contributed by atoms with Crippen LogP contribution in [0.3, 0.4) is 0 Å². The van der Waals surface area contributed by atoms with E-state index in [0.717, 1.165) is 25.7 Å². The van der Waals surface area contributed by atoms with Gasteiger partial charge in [0, 0.05) is 6.04 Å². The van der Waals surface area contributed by atoms with Gasteiger partial charge in [-0.15, -0.1) is 0 Å². The van der Waals surface area contributed by atoms with Gasteiger partial charge in [-0.1, -0.05) is 11.6 Å². The first-order valence-corrected chi connectivity index (χ1v) is 4.26. The van der Waals surface area contributed by atoms with E-state index in [0.29, 0.717) is 6.04 Å². The average Bonchev–Trinajstić information content (AvgIpc) is 2.09. The van der Waals surface area contributed by atoms with Crippen LogP contribution in [-0.2, 0) is 4.79 Å². The van der Waals surface area contributed by atoms with E-state index in [1.807, 2.05) is 0 Å². The molecule has 1 aliphatic rings. The summed E-state index contributed by atoms with van der Waals surface area (Å²) in [7, 11) is 1.50. The minimum absolute atomic E-state index is 0.391. The van der Waals surface area contributed by atoms with Gasteiger partial charge in [-0.3, -0.25) is 4.79 Å². The third-order valence-electron chi connectivity index (χ3n) is 1.88. The summed E-state index contributed by atoms with van der Waals surface area (Å²) >= 11 is 0. The van der Waals surface area contributed by atoms with Crippen LogP contribution in [0.4, 0.5) is 0 Å². The molecule has 0 bridgehead atoms. The van der Waals surface area contributed by atoms with E-state index in [9.17, 15) is 4.79 Å². The Morgan fingerprint density at radius 1 is 1.67 bits per heavy atom. The number of allylic oxidation sites excluding steroid dienone is 1. The standard InChI is InChI=1S/C8H13NO.CH5N/c1-7-3-2-4-8(5-7)9-6-10;1-2/h3,6,8H,2,4-5H2,1H3,(H,9,10);2H2,1H3. The van der Waals surface area contributed by atoms with E-state index in [1.165, 1.54) is 12.6 Å². The van der Waals surface area contributed by atoms with Crippen LogP contribution in [0.5, 0.6) is 0 Å². The number of carbonyl (C=O) groups is 1. The van der Waals surface area contributed by atoms with E-state index in [-0.39, 0.29) is 0 Å². The molecule has 1 rings (SSSR count). The molecule has 3 nitrogen and oxygen atoms in total. The molecule has 0 aromatic carbocycles. The first-order valence-electron chi connectivity index (χ1n) is 4.26. The normalized spacial score (nSPS) is 21.6. The molecule has 0 aliphatic heterocycles. The fourth-order valence-electron chi connectivity index (χ4n) is 1.34. The van der Waals surface area contributed by atoms with Gasteiger partial charge >= 0.3 is 0 Å². The molecule has 70 valence electrons. The van der Waals surface area contributed by atoms with E-state index in [1.54, 1.807) is 0 Å². The molecule has 0 saturated heterocycles. The fourth-order valence-corrected chi connectivity index (χ4v) is 1.34. The molecular weight excluding hydrogens is 152 g/mol. The van der Waals surface area contributed by atoms with Gasteiger partial charge in [-0.25, -0.2) is 0 Å². The molecule has 1 amide bonds. The van der Waals surface area contributed by atoms with Crippen LogP contribution in [0.1, 0.15) is 26.2 Å². The van der Waals surface area contributed by atoms with E-state index < -0.39 is 0 Å². The van der Waals surface area contributed by atoms with Gasteiger partial charge in [-0.05, 0) is 33.2 Å². The van der Waals surface area contributed by atoms with Crippen molar-refractivity contribution in [2.75, 3.05) is 7.05 Å². The van der Waals surface area contributed by atoms with Gasteiger partial charge in [-0.2, -0.15) is 0 Å². The number of rotatable bonds is 2. The average molecular weight is 170 g/mol. The maximum absolute atomic E-state index is 10.0. The zero-order valence-corrected chi connectivity index (χ0v) is 7.84. The van der Waals surface area contributed by atoms with Crippen LogP contribution in [0.25, 0.3) is 0 Å². The van der Waals surface area contributed by atoms with Crippen molar-refractivity contribution in [2.24, 2.45) is 5.73 Å². The molecule has 0 aromatic heterocycles. The highest BCUT2D eigenvalue weighted by Crippen LogP contribution is 2.16. The molecule has 1 atom stereocenters. The topological polar surface area (TPSA) is 55.1 Å². The Kier molecular flexibility index (Phi) is 6.38. The zero-order chi connectivity index (χ0) is 9.40. The third-order valence-corrected chi connectivity index (χ3v) is 1.88. The van der Waals surface area contributed by atoms with Crippen LogP contribution < -0.4 is 11.1 Å². The first kappa shape index (κ1) is 11.2. The van der Waals surface area contributed by atoms with Crippen LogP contribution >= 0.6 is 0 Å². The van der Waals surface area contributed by atoms with Crippen molar-refractivity contribution in [3.8, 4) is 0 Å². The molecule has 1 aliphatic carbocycles. The number of amides is 1. The summed E-state index contributed by atoms with van der Waals surface area (Å²) in [5.74, 6) is 0. The largest absolute Gasteiger partial charge is 0.356 e. The predicted molar refractivity (Wildman–Crippen MR) is 50.7 cm³/mol. The highest BCUT2D eigenvalue weighted by molar-refractivity contribution is 5.46. The van der Waals surface area contributed by atoms with Crippen molar-refractivity contribution in [3.63, 3.8) is 0 Å². The summed E-state index contributed by atoms with van der Waals surface area (Å²) in [6, 6.07) is 0.391. The third kappa shape index (κ3) is 4.13. The Morgan fingerprint density at radius 3 is 2.83 bits per heavy atom. The second kappa shape index (κ2) is 6.85. The predicted octanol–water partition coefficient (Wildman–Crippen LogP) is 0.806. The van der Waals surface area contributed by atoms with Crippen molar-refractivity contribution < 1.29 is 4.79 Å². The summed E-state index contributed by atoms with van der Waals surface area (Å²) in [5, 5.41) is 2.79. The smallest absolute Gasteiger partial charge is 0.207 e. The maximum Gasteiger partial charge on any atom is 0.207 e. The van der Waals surface area contributed by atoms with E-state index in [2.05, 4.69) is 24.1 Å². The summed E-state index contributed by atoms with van der Waals surface area (Å²) in [6.07, 6.45) is 6.26. The van der Waals surface area contributed by atoms with Crippen LogP contribution in [0, 0.1) is 0 Å². The number of hydrogen-bond donors (Lipinski definition) is 2. The number of nitrogens with two attached hydrogens (primary N) is 1. The molecule has 0 aromatic rings. The summed E-state index contributed by atoms with van der Waals surface area (Å²) < 4.78 is 0. The van der Waals surface area contributed by atoms with Gasteiger partial charge in [0.15, 0.2) is 0 Å². The second-order valence-corrected chi connectivity index (χ2v) is 2.81. The quantitative estimate of drug-likeness (QED) is 0.476. The van der Waals surface area contributed by atoms with Crippen molar-refractivity contribution >= 4 is 6.41 Å². The molecule has 12 heavy (non-hydrogen) atoms. The lowest BCUT2D eigenvalue weighted by molar-refractivity contribution is -0.110. The van der Waals surface area contributed by atoms with Crippen LogP contribution in [-0.4, -0.2) is 19.5 Å². The van der Waals surface area contributed by atoms with Crippen molar-refractivity contribution in [2.45, 2.75) is 32.2 Å².